The van der Waals surface area contributed by atoms with Crippen molar-refractivity contribution in [3.05, 3.63) is 28.7 Å². The molecule has 0 saturated carbocycles. The number of hydrogen-bond acceptors (Lipinski definition) is 3. The fourth-order valence-corrected chi connectivity index (χ4v) is 1.21. The second-order valence-electron chi connectivity index (χ2n) is 2.72. The van der Waals surface area contributed by atoms with Crippen molar-refractivity contribution in [2.75, 3.05) is 6.61 Å². The van der Waals surface area contributed by atoms with Gasteiger partial charge in [-0.3, -0.25) is 15.6 Å². The first-order chi connectivity index (χ1) is 7.58. The zero-order valence-electron chi connectivity index (χ0n) is 8.07. The number of hydrazine groups is 1. The normalized spacial score (nSPS) is 9.38. The molecule has 1 rings (SSSR count). The highest BCUT2D eigenvalue weighted by atomic mass is 79.9. The summed E-state index contributed by atoms with van der Waals surface area (Å²) >= 11 is 11.7. The molecule has 0 atom stereocenters. The number of thiol groups is 1. The van der Waals surface area contributed by atoms with Crippen molar-refractivity contribution in [2.45, 2.75) is 0 Å². The molecule has 0 aliphatic rings. The third-order valence-corrected chi connectivity index (χ3v) is 2.23. The van der Waals surface area contributed by atoms with E-state index in [1.54, 1.807) is 12.1 Å². The molecule has 1 aromatic carbocycles. The number of halogens is 1. The molecule has 1 amide bonds. The Kier molecular flexibility index (Phi) is 5.58. The lowest BCUT2D eigenvalue weighted by Crippen LogP contribution is -2.41. The first kappa shape index (κ1) is 13.3. The lowest BCUT2D eigenvalue weighted by Gasteiger charge is -2.07. The molecule has 16 heavy (non-hydrogen) atoms. The van der Waals surface area contributed by atoms with Crippen molar-refractivity contribution in [1.29, 1.82) is 0 Å². The number of carbonyl (C=O) groups is 1. The van der Waals surface area contributed by atoms with Gasteiger partial charge in [-0.25, -0.2) is 0 Å². The molecule has 0 aliphatic carbocycles. The predicted molar refractivity (Wildman–Crippen MR) is 72.5 cm³/mol. The van der Waals surface area contributed by atoms with Crippen molar-refractivity contribution >= 4 is 51.0 Å². The Labute approximate surface area is 112 Å². The van der Waals surface area contributed by atoms with E-state index in [1.165, 1.54) is 0 Å². The summed E-state index contributed by atoms with van der Waals surface area (Å²) in [5.41, 5.74) is 4.72. The van der Waals surface area contributed by atoms with E-state index >= 15 is 0 Å². The van der Waals surface area contributed by atoms with Crippen LogP contribution in [0.1, 0.15) is 0 Å². The van der Waals surface area contributed by atoms with E-state index in [9.17, 15) is 4.79 Å². The molecule has 1 aromatic rings. The molecule has 2 N–H and O–H groups in total. The maximum absolute atomic E-state index is 11.2. The number of carbonyl (C=O) groups excluding carboxylic acids is 1. The average molecular weight is 321 g/mol. The highest BCUT2D eigenvalue weighted by molar-refractivity contribution is 9.10. The lowest BCUT2D eigenvalue weighted by molar-refractivity contribution is -0.123. The van der Waals surface area contributed by atoms with Gasteiger partial charge in [0.15, 0.2) is 6.61 Å². The topological polar surface area (TPSA) is 50.4 Å². The van der Waals surface area contributed by atoms with Gasteiger partial charge in [-0.15, -0.1) is 12.6 Å². The first-order valence-electron chi connectivity index (χ1n) is 4.24. The fraction of sp³-hybridized carbons (Fsp3) is 0.111. The van der Waals surface area contributed by atoms with Gasteiger partial charge in [-0.1, -0.05) is 28.1 Å². The van der Waals surface area contributed by atoms with Crippen molar-refractivity contribution in [3.8, 4) is 5.75 Å². The lowest BCUT2D eigenvalue weighted by atomic mass is 10.3. The van der Waals surface area contributed by atoms with Crippen LogP contribution in [0.4, 0.5) is 0 Å². The molecule has 0 bridgehead atoms. The Morgan fingerprint density at radius 1 is 1.38 bits per heavy atom. The van der Waals surface area contributed by atoms with E-state index in [0.717, 1.165) is 4.47 Å². The minimum atomic E-state index is -0.334. The van der Waals surface area contributed by atoms with Gasteiger partial charge in [0.1, 0.15) is 10.1 Å². The average Bonchev–Trinajstić information content (AvgIpc) is 2.25. The van der Waals surface area contributed by atoms with Gasteiger partial charge in [0.05, 0.1) is 0 Å². The SMILES string of the molecule is O=C(COc1ccc(Br)cc1)NNC(=S)S. The van der Waals surface area contributed by atoms with Crippen LogP contribution < -0.4 is 15.6 Å². The van der Waals surface area contributed by atoms with Crippen LogP contribution in [0.5, 0.6) is 5.75 Å². The van der Waals surface area contributed by atoms with Crippen molar-refractivity contribution in [1.82, 2.24) is 10.9 Å². The fourth-order valence-electron chi connectivity index (χ4n) is 0.839. The van der Waals surface area contributed by atoms with Gasteiger partial charge < -0.3 is 4.74 Å². The van der Waals surface area contributed by atoms with Crippen molar-refractivity contribution in [3.63, 3.8) is 0 Å². The highest BCUT2D eigenvalue weighted by Gasteiger charge is 2.01. The number of amides is 1. The molecule has 0 saturated heterocycles. The van der Waals surface area contributed by atoms with Crippen LogP contribution in [0.15, 0.2) is 28.7 Å². The molecule has 7 heteroatoms. The molecule has 0 fully saturated rings. The zero-order chi connectivity index (χ0) is 12.0. The van der Waals surface area contributed by atoms with E-state index in [4.69, 9.17) is 4.74 Å². The van der Waals surface area contributed by atoms with E-state index < -0.39 is 0 Å². The molecule has 0 aliphatic heterocycles. The van der Waals surface area contributed by atoms with Crippen LogP contribution in [0, 0.1) is 0 Å². The number of ether oxygens (including phenoxy) is 1. The van der Waals surface area contributed by atoms with Gasteiger partial charge in [-0.2, -0.15) is 0 Å². The van der Waals surface area contributed by atoms with Gasteiger partial charge >= 0.3 is 0 Å². The summed E-state index contributed by atoms with van der Waals surface area (Å²) < 4.78 is 6.36. The Morgan fingerprint density at radius 3 is 2.56 bits per heavy atom. The van der Waals surface area contributed by atoms with Crippen LogP contribution >= 0.6 is 40.8 Å². The second kappa shape index (κ2) is 6.72. The van der Waals surface area contributed by atoms with Gasteiger partial charge in [0.2, 0.25) is 0 Å². The number of thiocarbonyl (C=S) groups is 1. The summed E-state index contributed by atoms with van der Waals surface area (Å²) in [4.78, 5) is 11.2. The monoisotopic (exact) mass is 320 g/mol. The summed E-state index contributed by atoms with van der Waals surface area (Å²) in [6.07, 6.45) is 0. The highest BCUT2D eigenvalue weighted by Crippen LogP contribution is 2.15. The zero-order valence-corrected chi connectivity index (χ0v) is 11.4. The summed E-state index contributed by atoms with van der Waals surface area (Å²) in [6.45, 7) is -0.0922. The Bertz CT molecular complexity index is 384. The van der Waals surface area contributed by atoms with E-state index in [0.29, 0.717) is 5.75 Å². The molecule has 0 unspecified atom stereocenters. The third-order valence-electron chi connectivity index (χ3n) is 1.49. The van der Waals surface area contributed by atoms with Gasteiger partial charge in [0, 0.05) is 4.47 Å². The number of rotatable bonds is 3. The second-order valence-corrected chi connectivity index (χ2v) is 4.79. The quantitative estimate of drug-likeness (QED) is 0.450. The molecule has 0 heterocycles. The predicted octanol–water partition coefficient (Wildman–Crippen LogP) is 1.66. The summed E-state index contributed by atoms with van der Waals surface area (Å²) in [6, 6.07) is 7.17. The molecule has 0 aromatic heterocycles. The largest absolute Gasteiger partial charge is 0.484 e. The molecule has 86 valence electrons. The third kappa shape index (κ3) is 5.34. The Hall–Kier alpha value is -0.790. The van der Waals surface area contributed by atoms with E-state index in [-0.39, 0.29) is 16.8 Å². The molecular formula is C9H9BrN2O2S2. The van der Waals surface area contributed by atoms with E-state index in [2.05, 4.69) is 51.6 Å². The number of benzene rings is 1. The van der Waals surface area contributed by atoms with Crippen molar-refractivity contribution in [2.24, 2.45) is 0 Å². The molecule has 4 nitrogen and oxygen atoms in total. The van der Waals surface area contributed by atoms with Crippen LogP contribution in [0.3, 0.4) is 0 Å². The van der Waals surface area contributed by atoms with Crippen LogP contribution in [0.25, 0.3) is 0 Å². The minimum Gasteiger partial charge on any atom is -0.484 e. The smallest absolute Gasteiger partial charge is 0.276 e. The van der Waals surface area contributed by atoms with E-state index in [1.807, 2.05) is 12.1 Å². The van der Waals surface area contributed by atoms with Gasteiger partial charge in [0.25, 0.3) is 5.91 Å². The molecular weight excluding hydrogens is 312 g/mol. The Morgan fingerprint density at radius 2 is 2.00 bits per heavy atom. The number of hydrogen-bond donors (Lipinski definition) is 3. The Balaban J connectivity index is 2.31. The van der Waals surface area contributed by atoms with Crippen molar-refractivity contribution < 1.29 is 9.53 Å². The minimum absolute atomic E-state index is 0.0922. The first-order valence-corrected chi connectivity index (χ1v) is 5.89. The number of nitrogens with one attached hydrogen (secondary N) is 2. The molecule has 0 radical (unpaired) electrons. The summed E-state index contributed by atoms with van der Waals surface area (Å²) in [5.74, 6) is 0.283. The summed E-state index contributed by atoms with van der Waals surface area (Å²) in [5, 5.41) is 0. The van der Waals surface area contributed by atoms with Crippen LogP contribution in [0.2, 0.25) is 0 Å². The maximum atomic E-state index is 11.2. The van der Waals surface area contributed by atoms with Gasteiger partial charge in [-0.05, 0) is 24.3 Å². The van der Waals surface area contributed by atoms with Crippen LogP contribution in [-0.4, -0.2) is 16.8 Å². The molecule has 0 spiro atoms. The van der Waals surface area contributed by atoms with Crippen LogP contribution in [-0.2, 0) is 4.79 Å². The summed E-state index contributed by atoms with van der Waals surface area (Å²) in [7, 11) is 0. The maximum Gasteiger partial charge on any atom is 0.276 e. The standard InChI is InChI=1S/C9H9BrN2O2S2/c10-6-1-3-7(4-2-6)14-5-8(13)11-12-9(15)16/h1-4H,5H2,(H,11,13)(H2,12,15,16).